The minimum atomic E-state index is -0.157. The van der Waals surface area contributed by atoms with Crippen molar-refractivity contribution < 1.29 is 4.79 Å². The Morgan fingerprint density at radius 1 is 1.40 bits per heavy atom. The van der Waals surface area contributed by atoms with Crippen molar-refractivity contribution in [2.45, 2.75) is 53.9 Å². The van der Waals surface area contributed by atoms with Gasteiger partial charge in [-0.3, -0.25) is 4.79 Å². The summed E-state index contributed by atoms with van der Waals surface area (Å²) >= 11 is 0. The predicted molar refractivity (Wildman–Crippen MR) is 64.7 cm³/mol. The Bertz CT molecular complexity index is 269. The van der Waals surface area contributed by atoms with Crippen LogP contribution in [0.1, 0.15) is 53.9 Å². The lowest BCUT2D eigenvalue weighted by Gasteiger charge is -2.40. The van der Waals surface area contributed by atoms with E-state index in [9.17, 15) is 4.79 Å². The summed E-state index contributed by atoms with van der Waals surface area (Å²) in [6.07, 6.45) is 5.59. The molecular formula is C14H24O. The van der Waals surface area contributed by atoms with Gasteiger partial charge >= 0.3 is 0 Å². The van der Waals surface area contributed by atoms with Crippen molar-refractivity contribution in [1.82, 2.24) is 0 Å². The zero-order valence-corrected chi connectivity index (χ0v) is 10.8. The normalized spacial score (nSPS) is 25.6. The minimum absolute atomic E-state index is 0.157. The number of ketones is 1. The SMILES string of the molecule is CCC(CC)[C@@H]1CC=C(C)C(=O)C1(C)C. The Balaban J connectivity index is 2.97. The second-order valence-electron chi connectivity index (χ2n) is 5.36. The molecule has 1 aliphatic carbocycles. The molecular weight excluding hydrogens is 184 g/mol. The van der Waals surface area contributed by atoms with Crippen molar-refractivity contribution >= 4 is 5.78 Å². The van der Waals surface area contributed by atoms with E-state index in [1.165, 1.54) is 12.8 Å². The molecule has 0 radical (unpaired) electrons. The van der Waals surface area contributed by atoms with E-state index in [0.29, 0.717) is 17.6 Å². The molecule has 0 N–H and O–H groups in total. The maximum Gasteiger partial charge on any atom is 0.164 e. The Kier molecular flexibility index (Phi) is 3.75. The Labute approximate surface area is 93.9 Å². The summed E-state index contributed by atoms with van der Waals surface area (Å²) in [4.78, 5) is 12.1. The Morgan fingerprint density at radius 2 is 1.93 bits per heavy atom. The fraction of sp³-hybridized carbons (Fsp3) is 0.786. The van der Waals surface area contributed by atoms with Crippen LogP contribution in [0.5, 0.6) is 0 Å². The van der Waals surface area contributed by atoms with Crippen molar-refractivity contribution in [3.8, 4) is 0 Å². The van der Waals surface area contributed by atoms with E-state index in [1.807, 2.05) is 6.92 Å². The van der Waals surface area contributed by atoms with Gasteiger partial charge in [0.1, 0.15) is 0 Å². The zero-order valence-electron chi connectivity index (χ0n) is 10.8. The van der Waals surface area contributed by atoms with Crippen molar-refractivity contribution in [2.24, 2.45) is 17.3 Å². The molecule has 0 bridgehead atoms. The molecule has 0 fully saturated rings. The molecule has 1 nitrogen and oxygen atoms in total. The molecule has 0 amide bonds. The molecule has 1 aliphatic rings. The number of hydrogen-bond donors (Lipinski definition) is 0. The summed E-state index contributed by atoms with van der Waals surface area (Å²) < 4.78 is 0. The van der Waals surface area contributed by atoms with Gasteiger partial charge in [-0.15, -0.1) is 0 Å². The monoisotopic (exact) mass is 208 g/mol. The number of Topliss-reactive ketones (excluding diaryl/α,β-unsaturated/α-hetero) is 1. The van der Waals surface area contributed by atoms with Gasteiger partial charge in [0, 0.05) is 5.41 Å². The third kappa shape index (κ3) is 2.16. The maximum absolute atomic E-state index is 12.1. The van der Waals surface area contributed by atoms with Crippen LogP contribution in [0.4, 0.5) is 0 Å². The molecule has 0 aromatic heterocycles. The van der Waals surface area contributed by atoms with Gasteiger partial charge in [-0.25, -0.2) is 0 Å². The highest BCUT2D eigenvalue weighted by atomic mass is 16.1. The molecule has 0 saturated heterocycles. The zero-order chi connectivity index (χ0) is 11.6. The van der Waals surface area contributed by atoms with Crippen LogP contribution in [-0.4, -0.2) is 5.78 Å². The maximum atomic E-state index is 12.1. The number of rotatable bonds is 3. The summed E-state index contributed by atoms with van der Waals surface area (Å²) in [7, 11) is 0. The third-order valence-corrected chi connectivity index (χ3v) is 4.17. The molecule has 86 valence electrons. The average molecular weight is 208 g/mol. The smallest absolute Gasteiger partial charge is 0.164 e. The van der Waals surface area contributed by atoms with Crippen LogP contribution in [0, 0.1) is 17.3 Å². The third-order valence-electron chi connectivity index (χ3n) is 4.17. The molecule has 15 heavy (non-hydrogen) atoms. The van der Waals surface area contributed by atoms with Crippen LogP contribution in [0.3, 0.4) is 0 Å². The highest BCUT2D eigenvalue weighted by Gasteiger charge is 2.41. The van der Waals surface area contributed by atoms with Crippen LogP contribution >= 0.6 is 0 Å². The van der Waals surface area contributed by atoms with E-state index >= 15 is 0 Å². The van der Waals surface area contributed by atoms with Gasteiger partial charge in [0.05, 0.1) is 0 Å². The first-order chi connectivity index (χ1) is 6.95. The van der Waals surface area contributed by atoms with Crippen molar-refractivity contribution in [2.75, 3.05) is 0 Å². The lowest BCUT2D eigenvalue weighted by atomic mass is 9.62. The van der Waals surface area contributed by atoms with Crippen LogP contribution in [0.25, 0.3) is 0 Å². The Morgan fingerprint density at radius 3 is 2.40 bits per heavy atom. The first kappa shape index (κ1) is 12.5. The summed E-state index contributed by atoms with van der Waals surface area (Å²) in [5, 5.41) is 0. The van der Waals surface area contributed by atoms with Gasteiger partial charge in [-0.2, -0.15) is 0 Å². The molecule has 1 rings (SSSR count). The fourth-order valence-electron chi connectivity index (χ4n) is 3.01. The molecule has 0 saturated carbocycles. The Hall–Kier alpha value is -0.590. The lowest BCUT2D eigenvalue weighted by molar-refractivity contribution is -0.128. The average Bonchev–Trinajstić information content (AvgIpc) is 2.20. The number of carbonyl (C=O) groups excluding carboxylic acids is 1. The second kappa shape index (κ2) is 4.51. The van der Waals surface area contributed by atoms with Crippen molar-refractivity contribution in [3.05, 3.63) is 11.6 Å². The van der Waals surface area contributed by atoms with E-state index in [1.54, 1.807) is 0 Å². The molecule has 0 aromatic rings. The van der Waals surface area contributed by atoms with Gasteiger partial charge in [0.25, 0.3) is 0 Å². The second-order valence-corrected chi connectivity index (χ2v) is 5.36. The first-order valence-corrected chi connectivity index (χ1v) is 6.16. The predicted octanol–water partition coefficient (Wildman–Crippen LogP) is 3.98. The van der Waals surface area contributed by atoms with Gasteiger partial charge in [0.15, 0.2) is 5.78 Å². The summed E-state index contributed by atoms with van der Waals surface area (Å²) in [5.41, 5.74) is 0.803. The molecule has 0 unspecified atom stereocenters. The lowest BCUT2D eigenvalue weighted by Crippen LogP contribution is -2.40. The quantitative estimate of drug-likeness (QED) is 0.685. The fourth-order valence-corrected chi connectivity index (χ4v) is 3.01. The minimum Gasteiger partial charge on any atom is -0.294 e. The summed E-state index contributed by atoms with van der Waals surface area (Å²) in [5.74, 6) is 1.57. The van der Waals surface area contributed by atoms with E-state index in [2.05, 4.69) is 33.8 Å². The van der Waals surface area contributed by atoms with E-state index in [4.69, 9.17) is 0 Å². The van der Waals surface area contributed by atoms with Crippen molar-refractivity contribution in [1.29, 1.82) is 0 Å². The van der Waals surface area contributed by atoms with Gasteiger partial charge in [-0.1, -0.05) is 46.6 Å². The van der Waals surface area contributed by atoms with E-state index in [0.717, 1.165) is 12.0 Å². The number of hydrogen-bond acceptors (Lipinski definition) is 1. The largest absolute Gasteiger partial charge is 0.294 e. The highest BCUT2D eigenvalue weighted by Crippen LogP contribution is 2.43. The van der Waals surface area contributed by atoms with Crippen LogP contribution in [0.15, 0.2) is 11.6 Å². The van der Waals surface area contributed by atoms with Gasteiger partial charge in [0.2, 0.25) is 0 Å². The van der Waals surface area contributed by atoms with Gasteiger partial charge < -0.3 is 0 Å². The van der Waals surface area contributed by atoms with E-state index < -0.39 is 0 Å². The summed E-state index contributed by atoms with van der Waals surface area (Å²) in [6.45, 7) is 10.7. The van der Waals surface area contributed by atoms with Crippen LogP contribution < -0.4 is 0 Å². The molecule has 1 heteroatoms. The molecule has 0 aliphatic heterocycles. The van der Waals surface area contributed by atoms with Gasteiger partial charge in [-0.05, 0) is 30.8 Å². The first-order valence-electron chi connectivity index (χ1n) is 6.16. The van der Waals surface area contributed by atoms with Crippen molar-refractivity contribution in [3.63, 3.8) is 0 Å². The van der Waals surface area contributed by atoms with Crippen LogP contribution in [0.2, 0.25) is 0 Å². The topological polar surface area (TPSA) is 17.1 Å². The number of carbonyl (C=O) groups is 1. The molecule has 0 heterocycles. The van der Waals surface area contributed by atoms with E-state index in [-0.39, 0.29) is 5.41 Å². The standard InChI is InChI=1S/C14H24O/c1-6-11(7-2)12-9-8-10(3)13(15)14(12,4)5/h8,11-12H,6-7,9H2,1-5H3/t12-/m0/s1. The molecule has 1 atom stereocenters. The van der Waals surface area contributed by atoms with Crippen LogP contribution in [-0.2, 0) is 4.79 Å². The number of allylic oxidation sites excluding steroid dienone is 2. The molecule has 0 aromatic carbocycles. The summed E-state index contributed by atoms with van der Waals surface area (Å²) in [6, 6.07) is 0. The highest BCUT2D eigenvalue weighted by molar-refractivity contribution is 5.99. The molecule has 0 spiro atoms.